The molecule has 94 valence electrons. The molecule has 0 aliphatic carbocycles. The number of imidazole rings is 1. The monoisotopic (exact) mass is 241 g/mol. The Morgan fingerprint density at radius 2 is 2.41 bits per heavy atom. The third-order valence-electron chi connectivity index (χ3n) is 2.67. The van der Waals surface area contributed by atoms with E-state index in [9.17, 15) is 10.1 Å². The Kier molecular flexibility index (Phi) is 2.88. The van der Waals surface area contributed by atoms with Gasteiger partial charge in [-0.2, -0.15) is 0 Å². The third kappa shape index (κ3) is 2.45. The summed E-state index contributed by atoms with van der Waals surface area (Å²) in [5.41, 5.74) is 0. The zero-order valence-electron chi connectivity index (χ0n) is 10.0. The largest absolute Gasteiger partial charge is 0.358 e. The van der Waals surface area contributed by atoms with Crippen molar-refractivity contribution in [2.75, 3.05) is 6.61 Å². The minimum absolute atomic E-state index is 0.0178. The van der Waals surface area contributed by atoms with Crippen molar-refractivity contribution in [2.45, 2.75) is 39.2 Å². The predicted octanol–water partition coefficient (Wildman–Crippen LogP) is 1.25. The molecule has 0 aromatic carbocycles. The molecular weight excluding hydrogens is 226 g/mol. The van der Waals surface area contributed by atoms with Crippen LogP contribution in [0.15, 0.2) is 6.20 Å². The first kappa shape index (κ1) is 12.0. The fourth-order valence-corrected chi connectivity index (χ4v) is 1.88. The zero-order valence-corrected chi connectivity index (χ0v) is 10.0. The van der Waals surface area contributed by atoms with E-state index in [0.29, 0.717) is 19.0 Å². The highest BCUT2D eigenvalue weighted by Gasteiger charge is 2.35. The van der Waals surface area contributed by atoms with Crippen LogP contribution in [0, 0.1) is 17.0 Å². The normalized spacial score (nSPS) is 22.9. The van der Waals surface area contributed by atoms with Gasteiger partial charge in [0.25, 0.3) is 0 Å². The Balaban J connectivity index is 2.14. The van der Waals surface area contributed by atoms with Crippen LogP contribution in [0.3, 0.4) is 0 Å². The van der Waals surface area contributed by atoms with Gasteiger partial charge in [-0.1, -0.05) is 0 Å². The van der Waals surface area contributed by atoms with Crippen molar-refractivity contribution in [3.8, 4) is 0 Å². The summed E-state index contributed by atoms with van der Waals surface area (Å²) < 4.78 is 12.6. The molecular formula is C10H15N3O4. The van der Waals surface area contributed by atoms with Gasteiger partial charge in [0.05, 0.1) is 6.61 Å². The summed E-state index contributed by atoms with van der Waals surface area (Å²) in [7, 11) is 0. The van der Waals surface area contributed by atoms with E-state index in [1.165, 1.54) is 10.8 Å². The van der Waals surface area contributed by atoms with Gasteiger partial charge in [0.1, 0.15) is 18.8 Å². The Labute approximate surface area is 98.5 Å². The summed E-state index contributed by atoms with van der Waals surface area (Å²) in [6, 6.07) is 0. The lowest BCUT2D eigenvalue weighted by molar-refractivity contribution is -0.392. The Bertz CT molecular complexity index is 441. The molecule has 1 fully saturated rings. The smallest absolute Gasteiger partial charge is 0.342 e. The van der Waals surface area contributed by atoms with Gasteiger partial charge in [-0.3, -0.25) is 0 Å². The van der Waals surface area contributed by atoms with Crippen LogP contribution in [-0.4, -0.2) is 33.0 Å². The van der Waals surface area contributed by atoms with Crippen LogP contribution in [0.2, 0.25) is 0 Å². The lowest BCUT2D eigenvalue weighted by Crippen LogP contribution is -2.24. The number of aryl methyl sites for hydroxylation is 1. The van der Waals surface area contributed by atoms with Gasteiger partial charge in [0.15, 0.2) is 11.6 Å². The molecule has 17 heavy (non-hydrogen) atoms. The summed E-state index contributed by atoms with van der Waals surface area (Å²) in [4.78, 5) is 14.3. The summed E-state index contributed by atoms with van der Waals surface area (Å²) in [5.74, 6) is -0.0330. The molecule has 0 amide bonds. The van der Waals surface area contributed by atoms with Gasteiger partial charge in [0.2, 0.25) is 0 Å². The number of hydrogen-bond acceptors (Lipinski definition) is 5. The summed E-state index contributed by atoms with van der Waals surface area (Å²) in [6.45, 7) is 6.19. The fraction of sp³-hybridized carbons (Fsp3) is 0.700. The first-order valence-electron chi connectivity index (χ1n) is 5.37. The van der Waals surface area contributed by atoms with E-state index in [2.05, 4.69) is 4.98 Å². The predicted molar refractivity (Wildman–Crippen MR) is 58.5 cm³/mol. The van der Waals surface area contributed by atoms with Gasteiger partial charge >= 0.3 is 5.82 Å². The Morgan fingerprint density at radius 1 is 1.71 bits per heavy atom. The quantitative estimate of drug-likeness (QED) is 0.587. The van der Waals surface area contributed by atoms with Crippen molar-refractivity contribution in [1.82, 2.24) is 9.55 Å². The number of nitrogens with zero attached hydrogens (tertiary/aromatic N) is 3. The summed E-state index contributed by atoms with van der Waals surface area (Å²) in [5, 5.41) is 10.8. The summed E-state index contributed by atoms with van der Waals surface area (Å²) >= 11 is 0. The highest BCUT2D eigenvalue weighted by Crippen LogP contribution is 2.25. The zero-order chi connectivity index (χ0) is 12.6. The highest BCUT2D eigenvalue weighted by molar-refractivity contribution is 5.18. The van der Waals surface area contributed by atoms with Gasteiger partial charge in [0, 0.05) is 6.92 Å². The average Bonchev–Trinajstić information content (AvgIpc) is 2.72. The molecule has 0 bridgehead atoms. The molecule has 2 heterocycles. The van der Waals surface area contributed by atoms with Crippen molar-refractivity contribution in [3.05, 3.63) is 22.1 Å². The highest BCUT2D eigenvalue weighted by atomic mass is 16.7. The molecule has 1 saturated heterocycles. The molecule has 0 radical (unpaired) electrons. The van der Waals surface area contributed by atoms with Crippen LogP contribution in [-0.2, 0) is 16.0 Å². The molecule has 0 unspecified atom stereocenters. The van der Waals surface area contributed by atoms with Crippen LogP contribution < -0.4 is 0 Å². The van der Waals surface area contributed by atoms with Crippen LogP contribution >= 0.6 is 0 Å². The van der Waals surface area contributed by atoms with Crippen LogP contribution in [0.5, 0.6) is 0 Å². The average molecular weight is 241 g/mol. The number of ether oxygens (including phenoxy) is 2. The SMILES string of the molecule is Cc1ncc([N+](=O)[O-])n1C[C@H]1COC(C)(C)O1. The fourth-order valence-electron chi connectivity index (χ4n) is 1.88. The first-order chi connectivity index (χ1) is 7.89. The number of nitro groups is 1. The number of hydrogen-bond donors (Lipinski definition) is 0. The van der Waals surface area contributed by atoms with Crippen LogP contribution in [0.4, 0.5) is 5.82 Å². The maximum Gasteiger partial charge on any atom is 0.342 e. The lowest BCUT2D eigenvalue weighted by Gasteiger charge is -2.16. The second-order valence-electron chi connectivity index (χ2n) is 4.48. The molecule has 0 N–H and O–H groups in total. The van der Waals surface area contributed by atoms with Gasteiger partial charge < -0.3 is 19.6 Å². The van der Waals surface area contributed by atoms with Crippen LogP contribution in [0.25, 0.3) is 0 Å². The van der Waals surface area contributed by atoms with E-state index in [0.717, 1.165) is 0 Å². The Hall–Kier alpha value is -1.47. The number of aromatic nitrogens is 2. The van der Waals surface area contributed by atoms with E-state index in [1.807, 2.05) is 13.8 Å². The second-order valence-corrected chi connectivity index (χ2v) is 4.48. The standard InChI is InChI=1S/C10H15N3O4/c1-7-11-4-9(13(14)15)12(7)5-8-6-16-10(2,3)17-8/h4,8H,5-6H2,1-3H3/t8-/m0/s1. The minimum atomic E-state index is -0.617. The van der Waals surface area contributed by atoms with E-state index in [4.69, 9.17) is 9.47 Å². The summed E-state index contributed by atoms with van der Waals surface area (Å²) in [6.07, 6.45) is 1.08. The molecule has 2 rings (SSSR count). The van der Waals surface area contributed by atoms with Crippen molar-refractivity contribution in [1.29, 1.82) is 0 Å². The number of rotatable bonds is 3. The van der Waals surface area contributed by atoms with Crippen molar-refractivity contribution >= 4 is 5.82 Å². The molecule has 1 aliphatic rings. The molecule has 0 spiro atoms. The molecule has 7 heteroatoms. The van der Waals surface area contributed by atoms with Crippen LogP contribution in [0.1, 0.15) is 19.7 Å². The third-order valence-corrected chi connectivity index (χ3v) is 2.67. The van der Waals surface area contributed by atoms with E-state index in [-0.39, 0.29) is 11.9 Å². The van der Waals surface area contributed by atoms with Gasteiger partial charge in [-0.25, -0.2) is 9.55 Å². The second kappa shape index (κ2) is 4.08. The minimum Gasteiger partial charge on any atom is -0.358 e. The van der Waals surface area contributed by atoms with Gasteiger partial charge in [-0.15, -0.1) is 0 Å². The maximum absolute atomic E-state index is 10.8. The molecule has 1 aromatic heterocycles. The van der Waals surface area contributed by atoms with Gasteiger partial charge in [-0.05, 0) is 18.8 Å². The maximum atomic E-state index is 10.8. The molecule has 0 saturated carbocycles. The molecule has 7 nitrogen and oxygen atoms in total. The lowest BCUT2D eigenvalue weighted by atomic mass is 10.3. The molecule has 1 atom stereocenters. The van der Waals surface area contributed by atoms with E-state index in [1.54, 1.807) is 6.92 Å². The van der Waals surface area contributed by atoms with E-state index >= 15 is 0 Å². The molecule has 1 aromatic rings. The molecule has 1 aliphatic heterocycles. The van der Waals surface area contributed by atoms with Crippen molar-refractivity contribution in [3.63, 3.8) is 0 Å². The van der Waals surface area contributed by atoms with Crippen molar-refractivity contribution < 1.29 is 14.4 Å². The van der Waals surface area contributed by atoms with E-state index < -0.39 is 10.7 Å². The Morgan fingerprint density at radius 3 is 2.94 bits per heavy atom. The first-order valence-corrected chi connectivity index (χ1v) is 5.37. The van der Waals surface area contributed by atoms with Crippen molar-refractivity contribution in [2.24, 2.45) is 0 Å². The topological polar surface area (TPSA) is 79.4 Å².